The smallest absolute Gasteiger partial charge is 0.134 e. The molecule has 12 heavy (non-hydrogen) atoms. The summed E-state index contributed by atoms with van der Waals surface area (Å²) in [6.07, 6.45) is 1.62. The van der Waals surface area contributed by atoms with E-state index in [2.05, 4.69) is 0 Å². The van der Waals surface area contributed by atoms with Crippen molar-refractivity contribution >= 4 is 0 Å². The maximum atomic E-state index is 8.78. The molecule has 0 bridgehead atoms. The Hall–Kier alpha value is -0.700. The minimum absolute atomic E-state index is 0.346. The number of aliphatic hydroxyl groups excluding tert-OH is 1. The zero-order chi connectivity index (χ0) is 9.41. The summed E-state index contributed by atoms with van der Waals surface area (Å²) in [4.78, 5) is 0. The van der Waals surface area contributed by atoms with Crippen molar-refractivity contribution in [3.05, 3.63) is 12.0 Å². The van der Waals surface area contributed by atoms with E-state index in [0.29, 0.717) is 12.2 Å². The summed E-state index contributed by atoms with van der Waals surface area (Å²) in [5.74, 6) is 0.587. The van der Waals surface area contributed by atoms with Crippen LogP contribution in [0.5, 0.6) is 0 Å². The van der Waals surface area contributed by atoms with E-state index in [0.717, 1.165) is 6.26 Å². The molecular formula is C9H16O3. The SMILES string of the molecule is COC1(C)C/C(=C\O)OC1(C)C. The lowest BCUT2D eigenvalue weighted by molar-refractivity contribution is -0.102. The van der Waals surface area contributed by atoms with Crippen molar-refractivity contribution in [2.75, 3.05) is 7.11 Å². The van der Waals surface area contributed by atoms with Crippen LogP contribution in [0.25, 0.3) is 0 Å². The zero-order valence-electron chi connectivity index (χ0n) is 8.05. The standard InChI is InChI=1S/C9H16O3/c1-8(2)9(3,11-4)5-7(6-10)12-8/h6,10H,5H2,1-4H3/b7-6+. The third-order valence-electron chi connectivity index (χ3n) is 2.77. The average molecular weight is 172 g/mol. The molecule has 1 fully saturated rings. The molecule has 0 aliphatic carbocycles. The maximum absolute atomic E-state index is 8.78. The van der Waals surface area contributed by atoms with Crippen LogP contribution in [0.15, 0.2) is 12.0 Å². The van der Waals surface area contributed by atoms with E-state index in [1.807, 2.05) is 20.8 Å². The van der Waals surface area contributed by atoms with Gasteiger partial charge in [0.15, 0.2) is 0 Å². The van der Waals surface area contributed by atoms with Gasteiger partial charge in [0.05, 0.1) is 0 Å². The Morgan fingerprint density at radius 1 is 1.50 bits per heavy atom. The van der Waals surface area contributed by atoms with E-state index in [1.54, 1.807) is 7.11 Å². The van der Waals surface area contributed by atoms with E-state index in [-0.39, 0.29) is 11.2 Å². The second kappa shape index (κ2) is 2.66. The topological polar surface area (TPSA) is 38.7 Å². The minimum Gasteiger partial charge on any atom is -0.512 e. The van der Waals surface area contributed by atoms with Gasteiger partial charge < -0.3 is 14.6 Å². The monoisotopic (exact) mass is 172 g/mol. The molecule has 1 saturated heterocycles. The molecule has 0 aromatic carbocycles. The molecule has 1 aliphatic rings. The highest BCUT2D eigenvalue weighted by molar-refractivity contribution is 5.11. The Balaban J connectivity index is 2.91. The number of aliphatic hydroxyl groups is 1. The van der Waals surface area contributed by atoms with Crippen LogP contribution in [0.1, 0.15) is 27.2 Å². The summed E-state index contributed by atoms with van der Waals surface area (Å²) in [5, 5.41) is 8.78. The molecule has 1 heterocycles. The zero-order valence-corrected chi connectivity index (χ0v) is 8.05. The molecule has 70 valence electrons. The van der Waals surface area contributed by atoms with E-state index in [4.69, 9.17) is 14.6 Å². The molecule has 0 aromatic heterocycles. The van der Waals surface area contributed by atoms with Gasteiger partial charge in [-0.1, -0.05) is 0 Å². The Kier molecular flexibility index (Phi) is 2.08. The largest absolute Gasteiger partial charge is 0.512 e. The number of hydrogen-bond acceptors (Lipinski definition) is 3. The Morgan fingerprint density at radius 3 is 2.33 bits per heavy atom. The van der Waals surface area contributed by atoms with Crippen molar-refractivity contribution in [2.24, 2.45) is 0 Å². The summed E-state index contributed by atoms with van der Waals surface area (Å²) in [6, 6.07) is 0. The number of methoxy groups -OCH3 is 1. The van der Waals surface area contributed by atoms with E-state index in [1.165, 1.54) is 0 Å². The normalized spacial score (nSPS) is 36.8. The molecule has 3 heteroatoms. The minimum atomic E-state index is -0.379. The fourth-order valence-electron chi connectivity index (χ4n) is 1.41. The molecule has 0 spiro atoms. The molecule has 0 radical (unpaired) electrons. The molecule has 0 amide bonds. The van der Waals surface area contributed by atoms with Gasteiger partial charge in [-0.15, -0.1) is 0 Å². The van der Waals surface area contributed by atoms with Crippen molar-refractivity contribution in [3.63, 3.8) is 0 Å². The third kappa shape index (κ3) is 1.18. The first-order valence-corrected chi connectivity index (χ1v) is 4.02. The highest BCUT2D eigenvalue weighted by Gasteiger charge is 2.50. The van der Waals surface area contributed by atoms with Gasteiger partial charge in [-0.2, -0.15) is 0 Å². The van der Waals surface area contributed by atoms with Crippen LogP contribution in [0.4, 0.5) is 0 Å². The quantitative estimate of drug-likeness (QED) is 0.615. The second-order valence-electron chi connectivity index (χ2n) is 3.82. The van der Waals surface area contributed by atoms with Gasteiger partial charge in [0.1, 0.15) is 23.2 Å². The van der Waals surface area contributed by atoms with E-state index in [9.17, 15) is 0 Å². The Labute approximate surface area is 73.0 Å². The molecule has 1 aliphatic heterocycles. The predicted octanol–water partition coefficient (Wildman–Crippen LogP) is 1.99. The maximum Gasteiger partial charge on any atom is 0.134 e. The third-order valence-corrected chi connectivity index (χ3v) is 2.77. The lowest BCUT2D eigenvalue weighted by Crippen LogP contribution is -2.45. The Bertz CT molecular complexity index is 208. The fourth-order valence-corrected chi connectivity index (χ4v) is 1.41. The van der Waals surface area contributed by atoms with Crippen molar-refractivity contribution in [1.82, 2.24) is 0 Å². The van der Waals surface area contributed by atoms with Gasteiger partial charge >= 0.3 is 0 Å². The summed E-state index contributed by atoms with van der Waals surface area (Å²) < 4.78 is 10.9. The molecule has 1 rings (SSSR count). The highest BCUT2D eigenvalue weighted by Crippen LogP contribution is 2.43. The first kappa shape index (κ1) is 9.39. The summed E-state index contributed by atoms with van der Waals surface area (Å²) in [5.41, 5.74) is -0.724. The van der Waals surface area contributed by atoms with Crippen LogP contribution in [-0.4, -0.2) is 23.4 Å². The molecule has 1 atom stereocenters. The number of hydrogen-bond donors (Lipinski definition) is 1. The van der Waals surface area contributed by atoms with Crippen LogP contribution in [0.3, 0.4) is 0 Å². The van der Waals surface area contributed by atoms with Crippen molar-refractivity contribution in [2.45, 2.75) is 38.4 Å². The fraction of sp³-hybridized carbons (Fsp3) is 0.778. The van der Waals surface area contributed by atoms with E-state index >= 15 is 0 Å². The number of ether oxygens (including phenoxy) is 2. The lowest BCUT2D eigenvalue weighted by Gasteiger charge is -2.34. The summed E-state index contributed by atoms with van der Waals surface area (Å²) in [7, 11) is 1.66. The van der Waals surface area contributed by atoms with E-state index < -0.39 is 0 Å². The predicted molar refractivity (Wildman–Crippen MR) is 45.9 cm³/mol. The number of rotatable bonds is 1. The second-order valence-corrected chi connectivity index (χ2v) is 3.82. The highest BCUT2D eigenvalue weighted by atomic mass is 16.6. The molecule has 0 saturated carbocycles. The van der Waals surface area contributed by atoms with Gasteiger partial charge in [-0.3, -0.25) is 0 Å². The molecule has 0 aromatic rings. The van der Waals surface area contributed by atoms with Crippen LogP contribution in [0.2, 0.25) is 0 Å². The summed E-state index contributed by atoms with van der Waals surface area (Å²) in [6.45, 7) is 5.88. The van der Waals surface area contributed by atoms with Crippen LogP contribution < -0.4 is 0 Å². The summed E-state index contributed by atoms with van der Waals surface area (Å²) >= 11 is 0. The van der Waals surface area contributed by atoms with Crippen LogP contribution in [-0.2, 0) is 9.47 Å². The van der Waals surface area contributed by atoms with Gasteiger partial charge in [-0.05, 0) is 20.8 Å². The first-order chi connectivity index (χ1) is 5.45. The van der Waals surface area contributed by atoms with Crippen molar-refractivity contribution < 1.29 is 14.6 Å². The molecule has 3 nitrogen and oxygen atoms in total. The first-order valence-electron chi connectivity index (χ1n) is 4.02. The average Bonchev–Trinajstić information content (AvgIpc) is 2.24. The van der Waals surface area contributed by atoms with Crippen LogP contribution in [0, 0.1) is 0 Å². The Morgan fingerprint density at radius 2 is 2.08 bits per heavy atom. The van der Waals surface area contributed by atoms with Crippen LogP contribution >= 0.6 is 0 Å². The van der Waals surface area contributed by atoms with Gasteiger partial charge in [-0.25, -0.2) is 0 Å². The van der Waals surface area contributed by atoms with Gasteiger partial charge in [0, 0.05) is 13.5 Å². The van der Waals surface area contributed by atoms with Gasteiger partial charge in [0.2, 0.25) is 0 Å². The van der Waals surface area contributed by atoms with Crippen molar-refractivity contribution in [3.8, 4) is 0 Å². The lowest BCUT2D eigenvalue weighted by atomic mass is 9.87. The van der Waals surface area contributed by atoms with Crippen molar-refractivity contribution in [1.29, 1.82) is 0 Å². The molecule has 1 unspecified atom stereocenters. The molecule has 1 N–H and O–H groups in total. The van der Waals surface area contributed by atoms with Gasteiger partial charge in [0.25, 0.3) is 0 Å². The molecular weight excluding hydrogens is 156 g/mol.